The second-order valence-electron chi connectivity index (χ2n) is 4.70. The van der Waals surface area contributed by atoms with Crippen LogP contribution in [0.5, 0.6) is 5.75 Å². The van der Waals surface area contributed by atoms with Gasteiger partial charge in [0, 0.05) is 12.1 Å². The van der Waals surface area contributed by atoms with Crippen LogP contribution in [0.2, 0.25) is 0 Å². The lowest BCUT2D eigenvalue weighted by Gasteiger charge is -2.19. The lowest BCUT2D eigenvalue weighted by atomic mass is 9.99. The average Bonchev–Trinajstić information content (AvgIpc) is 2.40. The van der Waals surface area contributed by atoms with Gasteiger partial charge in [-0.25, -0.2) is 0 Å². The quantitative estimate of drug-likeness (QED) is 0.756. The van der Waals surface area contributed by atoms with Gasteiger partial charge in [-0.1, -0.05) is 44.9 Å². The molecule has 106 valence electrons. The molecule has 0 saturated heterocycles. The fourth-order valence-corrected chi connectivity index (χ4v) is 2.51. The molecule has 1 aromatic carbocycles. The van der Waals surface area contributed by atoms with Crippen LogP contribution in [0.25, 0.3) is 0 Å². The normalized spacial score (nSPS) is 12.4. The summed E-state index contributed by atoms with van der Waals surface area (Å²) in [5, 5.41) is 12.4. The summed E-state index contributed by atoms with van der Waals surface area (Å²) in [7, 11) is 0. The first-order valence-electron chi connectivity index (χ1n) is 6.76. The molecule has 1 amide bonds. The fraction of sp³-hybridized carbons (Fsp3) is 0.533. The summed E-state index contributed by atoms with van der Waals surface area (Å²) in [5.41, 5.74) is 0.633. The summed E-state index contributed by atoms with van der Waals surface area (Å²) in [6.07, 6.45) is 2.21. The molecule has 0 aliphatic heterocycles. The second kappa shape index (κ2) is 8.05. The molecule has 0 radical (unpaired) electrons. The topological polar surface area (TPSA) is 49.3 Å². The van der Waals surface area contributed by atoms with Crippen LogP contribution in [-0.2, 0) is 11.2 Å². The highest BCUT2D eigenvalue weighted by Crippen LogP contribution is 2.18. The summed E-state index contributed by atoms with van der Waals surface area (Å²) in [6.45, 7) is 4.68. The number of para-hydroxylation sites is 1. The van der Waals surface area contributed by atoms with E-state index in [4.69, 9.17) is 11.6 Å². The van der Waals surface area contributed by atoms with Crippen LogP contribution in [-0.4, -0.2) is 22.9 Å². The van der Waals surface area contributed by atoms with Gasteiger partial charge < -0.3 is 10.4 Å². The van der Waals surface area contributed by atoms with Crippen molar-refractivity contribution in [3.05, 3.63) is 29.8 Å². The van der Waals surface area contributed by atoms with E-state index in [1.54, 1.807) is 24.3 Å². The molecule has 1 aromatic rings. The molecule has 0 aliphatic carbocycles. The van der Waals surface area contributed by atoms with E-state index in [9.17, 15) is 9.90 Å². The van der Waals surface area contributed by atoms with Crippen molar-refractivity contribution in [2.75, 3.05) is 6.54 Å². The molecule has 0 heterocycles. The lowest BCUT2D eigenvalue weighted by molar-refractivity contribution is -0.120. The molecule has 1 atom stereocenters. The molecular formula is C15H22ClNO2. The highest BCUT2D eigenvalue weighted by Gasteiger charge is 2.16. The van der Waals surface area contributed by atoms with E-state index in [-0.39, 0.29) is 23.5 Å². The second-order valence-corrected chi connectivity index (χ2v) is 5.26. The predicted molar refractivity (Wildman–Crippen MR) is 78.5 cm³/mol. The van der Waals surface area contributed by atoms with Gasteiger partial charge in [-0.3, -0.25) is 4.79 Å². The van der Waals surface area contributed by atoms with Gasteiger partial charge in [0.05, 0.1) is 11.8 Å². The Kier molecular flexibility index (Phi) is 6.71. The number of carbonyl (C=O) groups excluding carboxylic acids is 1. The number of benzene rings is 1. The van der Waals surface area contributed by atoms with E-state index in [2.05, 4.69) is 19.2 Å². The Hall–Kier alpha value is -1.22. The zero-order valence-electron chi connectivity index (χ0n) is 11.5. The van der Waals surface area contributed by atoms with Crippen molar-refractivity contribution in [3.8, 4) is 5.75 Å². The van der Waals surface area contributed by atoms with Gasteiger partial charge in [0.25, 0.3) is 0 Å². The molecule has 0 aromatic heterocycles. The van der Waals surface area contributed by atoms with Gasteiger partial charge in [0.2, 0.25) is 5.91 Å². The molecule has 0 fully saturated rings. The number of halogens is 1. The maximum atomic E-state index is 11.8. The maximum Gasteiger partial charge on any atom is 0.224 e. The van der Waals surface area contributed by atoms with Crippen LogP contribution in [0.1, 0.15) is 32.3 Å². The molecule has 0 aliphatic rings. The van der Waals surface area contributed by atoms with Crippen LogP contribution in [0.15, 0.2) is 24.3 Å². The molecule has 2 N–H and O–H groups in total. The number of rotatable bonds is 7. The Morgan fingerprint density at radius 2 is 1.95 bits per heavy atom. The lowest BCUT2D eigenvalue weighted by Crippen LogP contribution is -2.34. The van der Waals surface area contributed by atoms with Gasteiger partial charge >= 0.3 is 0 Å². The van der Waals surface area contributed by atoms with Crippen molar-refractivity contribution in [1.82, 2.24) is 5.32 Å². The van der Waals surface area contributed by atoms with E-state index < -0.39 is 0 Å². The Morgan fingerprint density at radius 1 is 1.32 bits per heavy atom. The molecule has 19 heavy (non-hydrogen) atoms. The van der Waals surface area contributed by atoms with Crippen molar-refractivity contribution in [1.29, 1.82) is 0 Å². The standard InChI is InChI=1S/C15H22ClNO2/c1-3-11(4-2)13(16)10-17-15(19)9-12-7-5-6-8-14(12)18/h5-8,11,13,18H,3-4,9-10H2,1-2H3,(H,17,19). The third kappa shape index (κ3) is 5.11. The molecule has 1 unspecified atom stereocenters. The van der Waals surface area contributed by atoms with E-state index in [0.29, 0.717) is 18.0 Å². The van der Waals surface area contributed by atoms with Crippen molar-refractivity contribution in [2.45, 2.75) is 38.5 Å². The molecule has 4 heteroatoms. The highest BCUT2D eigenvalue weighted by atomic mass is 35.5. The number of phenolic OH excluding ortho intramolecular Hbond substituents is 1. The molecule has 1 rings (SSSR count). The smallest absolute Gasteiger partial charge is 0.224 e. The Bertz CT molecular complexity index is 405. The van der Waals surface area contributed by atoms with Crippen LogP contribution in [0, 0.1) is 5.92 Å². The first-order chi connectivity index (χ1) is 9.08. The first-order valence-corrected chi connectivity index (χ1v) is 7.19. The number of phenols is 1. The van der Waals surface area contributed by atoms with E-state index >= 15 is 0 Å². The van der Waals surface area contributed by atoms with Crippen LogP contribution >= 0.6 is 11.6 Å². The number of amides is 1. The largest absolute Gasteiger partial charge is 0.508 e. The summed E-state index contributed by atoms with van der Waals surface area (Å²) < 4.78 is 0. The van der Waals surface area contributed by atoms with Crippen molar-refractivity contribution < 1.29 is 9.90 Å². The monoisotopic (exact) mass is 283 g/mol. The SMILES string of the molecule is CCC(CC)C(Cl)CNC(=O)Cc1ccccc1O. The van der Waals surface area contributed by atoms with E-state index in [1.165, 1.54) is 0 Å². The summed E-state index contributed by atoms with van der Waals surface area (Å²) >= 11 is 6.26. The Morgan fingerprint density at radius 3 is 2.53 bits per heavy atom. The molecule has 0 spiro atoms. The first kappa shape index (κ1) is 15.8. The number of hydrogen-bond acceptors (Lipinski definition) is 2. The number of carbonyl (C=O) groups is 1. The third-order valence-electron chi connectivity index (χ3n) is 3.40. The minimum atomic E-state index is -0.113. The minimum absolute atomic E-state index is 0.0386. The zero-order chi connectivity index (χ0) is 14.3. The average molecular weight is 284 g/mol. The minimum Gasteiger partial charge on any atom is -0.508 e. The van der Waals surface area contributed by atoms with Crippen molar-refractivity contribution in [3.63, 3.8) is 0 Å². The van der Waals surface area contributed by atoms with Gasteiger partial charge in [0.1, 0.15) is 5.75 Å². The third-order valence-corrected chi connectivity index (χ3v) is 3.91. The molecule has 3 nitrogen and oxygen atoms in total. The summed E-state index contributed by atoms with van der Waals surface area (Å²) in [4.78, 5) is 11.8. The summed E-state index contributed by atoms with van der Waals surface area (Å²) in [6, 6.07) is 6.86. The van der Waals surface area contributed by atoms with E-state index in [0.717, 1.165) is 12.8 Å². The highest BCUT2D eigenvalue weighted by molar-refractivity contribution is 6.21. The number of nitrogens with one attached hydrogen (secondary N) is 1. The van der Waals surface area contributed by atoms with Crippen LogP contribution in [0.4, 0.5) is 0 Å². The van der Waals surface area contributed by atoms with Crippen molar-refractivity contribution in [2.24, 2.45) is 5.92 Å². The molecule has 0 saturated carbocycles. The Labute approximate surface area is 120 Å². The number of alkyl halides is 1. The van der Waals surface area contributed by atoms with Crippen molar-refractivity contribution >= 4 is 17.5 Å². The molecular weight excluding hydrogens is 262 g/mol. The zero-order valence-corrected chi connectivity index (χ0v) is 12.3. The summed E-state index contributed by atoms with van der Waals surface area (Å²) in [5.74, 6) is 0.463. The van der Waals surface area contributed by atoms with Gasteiger partial charge in [-0.2, -0.15) is 0 Å². The van der Waals surface area contributed by atoms with Gasteiger partial charge in [-0.15, -0.1) is 11.6 Å². The number of hydrogen-bond donors (Lipinski definition) is 2. The maximum absolute atomic E-state index is 11.8. The van der Waals surface area contributed by atoms with Crippen LogP contribution in [0.3, 0.4) is 0 Å². The van der Waals surface area contributed by atoms with Crippen LogP contribution < -0.4 is 5.32 Å². The fourth-order valence-electron chi connectivity index (χ4n) is 2.07. The predicted octanol–water partition coefficient (Wildman–Crippen LogP) is 3.09. The van der Waals surface area contributed by atoms with E-state index in [1.807, 2.05) is 0 Å². The Balaban J connectivity index is 2.42. The van der Waals surface area contributed by atoms with Gasteiger partial charge in [0.15, 0.2) is 0 Å². The number of aromatic hydroxyl groups is 1. The molecule has 0 bridgehead atoms. The van der Waals surface area contributed by atoms with Gasteiger partial charge in [-0.05, 0) is 12.0 Å².